The maximum atomic E-state index is 12.7. The summed E-state index contributed by atoms with van der Waals surface area (Å²) in [6.07, 6.45) is 3.31. The molecular formula is C27H32ClN5O2. The molecule has 5 rings (SSSR count). The van der Waals surface area contributed by atoms with Gasteiger partial charge in [-0.1, -0.05) is 23.7 Å². The van der Waals surface area contributed by atoms with Gasteiger partial charge in [-0.2, -0.15) is 4.98 Å². The molecule has 0 N–H and O–H groups in total. The lowest BCUT2D eigenvalue weighted by molar-refractivity contribution is -0.131. The molecule has 2 saturated heterocycles. The maximum absolute atomic E-state index is 12.7. The summed E-state index contributed by atoms with van der Waals surface area (Å²) >= 11 is 5.99. The Kier molecular flexibility index (Phi) is 7.23. The van der Waals surface area contributed by atoms with Crippen LogP contribution in [0.3, 0.4) is 0 Å². The summed E-state index contributed by atoms with van der Waals surface area (Å²) in [4.78, 5) is 23.9. The summed E-state index contributed by atoms with van der Waals surface area (Å²) < 4.78 is 5.44. The first-order chi connectivity index (χ1) is 17.0. The summed E-state index contributed by atoms with van der Waals surface area (Å²) in [7, 11) is 0. The molecule has 35 heavy (non-hydrogen) atoms. The molecule has 2 aliphatic rings. The number of aryl methyl sites for hydroxylation is 1. The molecule has 0 spiro atoms. The number of hydrogen-bond acceptors (Lipinski definition) is 6. The van der Waals surface area contributed by atoms with Crippen molar-refractivity contribution in [3.05, 3.63) is 59.4 Å². The van der Waals surface area contributed by atoms with Gasteiger partial charge in [0, 0.05) is 74.1 Å². The molecule has 2 fully saturated rings. The van der Waals surface area contributed by atoms with Crippen LogP contribution in [0.2, 0.25) is 5.02 Å². The van der Waals surface area contributed by atoms with Crippen molar-refractivity contribution in [3.63, 3.8) is 0 Å². The zero-order valence-electron chi connectivity index (χ0n) is 20.2. The zero-order chi connectivity index (χ0) is 24.2. The molecule has 2 aromatic carbocycles. The largest absolute Gasteiger partial charge is 0.372 e. The molecule has 1 aromatic heterocycles. The number of rotatable bonds is 6. The standard InChI is InChI=1S/C27H32ClN5O2/c1-20-12-14-31(15-13-20)23-6-2-21(3-7-23)27-29-25(35-30-27)10-11-26(34)33-18-16-32(17-19-33)24-8-4-22(28)5-9-24/h2-9,20H,10-19H2,1H3. The highest BCUT2D eigenvalue weighted by Gasteiger charge is 2.22. The van der Waals surface area contributed by atoms with Crippen molar-refractivity contribution in [2.75, 3.05) is 49.1 Å². The van der Waals surface area contributed by atoms with E-state index in [-0.39, 0.29) is 5.91 Å². The van der Waals surface area contributed by atoms with Gasteiger partial charge in [-0.05, 0) is 67.3 Å². The zero-order valence-corrected chi connectivity index (χ0v) is 21.0. The molecule has 0 unspecified atom stereocenters. The fourth-order valence-corrected chi connectivity index (χ4v) is 4.93. The van der Waals surface area contributed by atoms with E-state index < -0.39 is 0 Å². The molecule has 8 heteroatoms. The number of carbonyl (C=O) groups is 1. The Morgan fingerprint density at radius 2 is 1.51 bits per heavy atom. The molecule has 7 nitrogen and oxygen atoms in total. The van der Waals surface area contributed by atoms with E-state index in [1.54, 1.807) is 0 Å². The van der Waals surface area contributed by atoms with Gasteiger partial charge < -0.3 is 19.2 Å². The maximum Gasteiger partial charge on any atom is 0.227 e. The number of benzene rings is 2. The second-order valence-corrected chi connectivity index (χ2v) is 10.0. The van der Waals surface area contributed by atoms with Crippen molar-refractivity contribution < 1.29 is 9.32 Å². The van der Waals surface area contributed by atoms with E-state index in [0.29, 0.717) is 37.6 Å². The number of hydrogen-bond donors (Lipinski definition) is 0. The van der Waals surface area contributed by atoms with Gasteiger partial charge in [-0.25, -0.2) is 0 Å². The van der Waals surface area contributed by atoms with Crippen LogP contribution in [0, 0.1) is 5.92 Å². The highest BCUT2D eigenvalue weighted by atomic mass is 35.5. The van der Waals surface area contributed by atoms with Crippen molar-refractivity contribution >= 4 is 28.9 Å². The molecule has 3 heterocycles. The summed E-state index contributed by atoms with van der Waals surface area (Å²) in [5.41, 5.74) is 3.31. The molecule has 1 amide bonds. The summed E-state index contributed by atoms with van der Waals surface area (Å²) in [5.74, 6) is 2.01. The van der Waals surface area contributed by atoms with Gasteiger partial charge in [-0.15, -0.1) is 0 Å². The minimum atomic E-state index is 0.126. The molecule has 0 atom stereocenters. The number of halogens is 1. The van der Waals surface area contributed by atoms with E-state index in [9.17, 15) is 4.79 Å². The van der Waals surface area contributed by atoms with Gasteiger partial charge >= 0.3 is 0 Å². The van der Waals surface area contributed by atoms with Crippen LogP contribution in [-0.2, 0) is 11.2 Å². The number of piperazine rings is 1. The Labute approximate surface area is 211 Å². The molecular weight excluding hydrogens is 462 g/mol. The highest BCUT2D eigenvalue weighted by Crippen LogP contribution is 2.26. The van der Waals surface area contributed by atoms with Crippen LogP contribution in [0.15, 0.2) is 53.1 Å². The van der Waals surface area contributed by atoms with Crippen LogP contribution in [0.25, 0.3) is 11.4 Å². The van der Waals surface area contributed by atoms with Gasteiger partial charge in [0.15, 0.2) is 0 Å². The number of aromatic nitrogens is 2. The third-order valence-corrected chi connectivity index (χ3v) is 7.37. The van der Waals surface area contributed by atoms with Gasteiger partial charge in [0.05, 0.1) is 0 Å². The van der Waals surface area contributed by atoms with Crippen LogP contribution in [0.4, 0.5) is 11.4 Å². The third kappa shape index (κ3) is 5.78. The van der Waals surface area contributed by atoms with Crippen molar-refractivity contribution in [3.8, 4) is 11.4 Å². The Morgan fingerprint density at radius 1 is 0.914 bits per heavy atom. The predicted molar refractivity (Wildman–Crippen MR) is 139 cm³/mol. The lowest BCUT2D eigenvalue weighted by Crippen LogP contribution is -2.48. The highest BCUT2D eigenvalue weighted by molar-refractivity contribution is 6.30. The van der Waals surface area contributed by atoms with Crippen LogP contribution in [0.1, 0.15) is 32.1 Å². The monoisotopic (exact) mass is 493 g/mol. The fraction of sp³-hybridized carbons (Fsp3) is 0.444. The Balaban J connectivity index is 1.10. The van der Waals surface area contributed by atoms with Crippen LogP contribution in [-0.4, -0.2) is 60.2 Å². The first-order valence-corrected chi connectivity index (χ1v) is 12.9. The number of anilines is 2. The lowest BCUT2D eigenvalue weighted by Gasteiger charge is -2.36. The van der Waals surface area contributed by atoms with Gasteiger partial charge in [0.1, 0.15) is 0 Å². The van der Waals surface area contributed by atoms with Crippen molar-refractivity contribution in [2.24, 2.45) is 5.92 Å². The number of piperidine rings is 1. The third-order valence-electron chi connectivity index (χ3n) is 7.12. The second kappa shape index (κ2) is 10.7. The van der Waals surface area contributed by atoms with Crippen LogP contribution in [0.5, 0.6) is 0 Å². The molecule has 0 radical (unpaired) electrons. The van der Waals surface area contributed by atoms with Crippen LogP contribution >= 0.6 is 11.6 Å². The molecule has 184 valence electrons. The van der Waals surface area contributed by atoms with E-state index in [2.05, 4.69) is 39.0 Å². The molecule has 2 aliphatic heterocycles. The average molecular weight is 494 g/mol. The van der Waals surface area contributed by atoms with E-state index in [0.717, 1.165) is 48.4 Å². The van der Waals surface area contributed by atoms with Gasteiger partial charge in [-0.3, -0.25) is 4.79 Å². The first-order valence-electron chi connectivity index (χ1n) is 12.5. The number of amides is 1. The summed E-state index contributed by atoms with van der Waals surface area (Å²) in [6, 6.07) is 16.2. The molecule has 0 saturated carbocycles. The molecule has 0 bridgehead atoms. The van der Waals surface area contributed by atoms with E-state index in [4.69, 9.17) is 16.1 Å². The summed E-state index contributed by atoms with van der Waals surface area (Å²) in [5, 5.41) is 4.87. The first kappa shape index (κ1) is 23.7. The molecule has 0 aliphatic carbocycles. The Morgan fingerprint density at radius 3 is 2.17 bits per heavy atom. The predicted octanol–water partition coefficient (Wildman–Crippen LogP) is 4.91. The van der Waals surface area contributed by atoms with E-state index in [1.165, 1.54) is 18.5 Å². The minimum absolute atomic E-state index is 0.126. The quantitative estimate of drug-likeness (QED) is 0.486. The fourth-order valence-electron chi connectivity index (χ4n) is 4.80. The summed E-state index contributed by atoms with van der Waals surface area (Å²) in [6.45, 7) is 7.58. The topological polar surface area (TPSA) is 65.7 Å². The van der Waals surface area contributed by atoms with Crippen molar-refractivity contribution in [1.82, 2.24) is 15.0 Å². The normalized spacial score (nSPS) is 17.1. The smallest absolute Gasteiger partial charge is 0.227 e. The Bertz CT molecular complexity index is 1120. The SMILES string of the molecule is CC1CCN(c2ccc(-c3noc(CCC(=O)N4CCN(c5ccc(Cl)cc5)CC4)n3)cc2)CC1. The minimum Gasteiger partial charge on any atom is -0.372 e. The van der Waals surface area contributed by atoms with E-state index in [1.807, 2.05) is 41.3 Å². The number of carbonyl (C=O) groups excluding carboxylic acids is 1. The van der Waals surface area contributed by atoms with Crippen LogP contribution < -0.4 is 9.80 Å². The van der Waals surface area contributed by atoms with Gasteiger partial charge in [0.2, 0.25) is 17.6 Å². The molecule has 3 aromatic rings. The Hall–Kier alpha value is -3.06. The average Bonchev–Trinajstić information content (AvgIpc) is 3.38. The van der Waals surface area contributed by atoms with Gasteiger partial charge in [0.25, 0.3) is 0 Å². The van der Waals surface area contributed by atoms with Crippen molar-refractivity contribution in [1.29, 1.82) is 0 Å². The van der Waals surface area contributed by atoms with Crippen molar-refractivity contribution in [2.45, 2.75) is 32.6 Å². The second-order valence-electron chi connectivity index (χ2n) is 9.57. The lowest BCUT2D eigenvalue weighted by atomic mass is 9.98. The van der Waals surface area contributed by atoms with E-state index >= 15 is 0 Å². The number of nitrogens with zero attached hydrogens (tertiary/aromatic N) is 5.